The van der Waals surface area contributed by atoms with Crippen LogP contribution in [0.3, 0.4) is 0 Å². The molecular weight excluding hydrogens is 424 g/mol. The van der Waals surface area contributed by atoms with E-state index >= 15 is 0 Å². The van der Waals surface area contributed by atoms with Crippen molar-refractivity contribution < 1.29 is 19.5 Å². The fourth-order valence-corrected chi connectivity index (χ4v) is 3.59. The minimum atomic E-state index is -0.870. The number of ether oxygens (including phenoxy) is 1. The van der Waals surface area contributed by atoms with Crippen LogP contribution in [-0.2, 0) is 9.63 Å². The minimum absolute atomic E-state index is 0.0554. The maximum atomic E-state index is 10.1. The number of halogens is 1. The van der Waals surface area contributed by atoms with Gasteiger partial charge in [0, 0.05) is 6.42 Å². The number of hydrogen-bond donors (Lipinski definition) is 4. The molecule has 0 spiro atoms. The third-order valence-corrected chi connectivity index (χ3v) is 4.94. The molecule has 0 saturated carbocycles. The first kappa shape index (κ1) is 23.9. The van der Waals surface area contributed by atoms with E-state index in [1.807, 2.05) is 37.3 Å². The molecule has 0 amide bonds. The molecule has 1 aromatic heterocycles. The van der Waals surface area contributed by atoms with Crippen LogP contribution in [0.4, 0.5) is 0 Å². The number of thiophene rings is 1. The van der Waals surface area contributed by atoms with Crippen molar-refractivity contribution in [2.45, 2.75) is 17.6 Å². The lowest BCUT2D eigenvalue weighted by molar-refractivity contribution is -0.135. The van der Waals surface area contributed by atoms with E-state index in [0.717, 1.165) is 16.4 Å². The van der Waals surface area contributed by atoms with Crippen molar-refractivity contribution in [1.82, 2.24) is 4.72 Å². The number of nitrogens with one attached hydrogen (secondary N) is 1. The first-order valence-electron chi connectivity index (χ1n) is 8.14. The van der Waals surface area contributed by atoms with Crippen molar-refractivity contribution in [2.24, 2.45) is 16.6 Å². The second-order valence-corrected chi connectivity index (χ2v) is 8.15. The van der Waals surface area contributed by atoms with Crippen molar-refractivity contribution in [3.8, 4) is 5.75 Å². The number of hydrogen-bond acceptors (Lipinski definition) is 7. The van der Waals surface area contributed by atoms with Gasteiger partial charge in [-0.3, -0.25) is 4.79 Å². The summed E-state index contributed by atoms with van der Waals surface area (Å²) in [7, 11) is 0. The van der Waals surface area contributed by atoms with Gasteiger partial charge in [-0.25, -0.2) is 4.72 Å². The zero-order valence-corrected chi connectivity index (χ0v) is 17.6. The molecule has 0 saturated heterocycles. The highest BCUT2D eigenvalue weighted by Gasteiger charge is 2.00. The summed E-state index contributed by atoms with van der Waals surface area (Å²) in [6.07, 6.45) is 0.727. The van der Waals surface area contributed by atoms with Gasteiger partial charge in [0.15, 0.2) is 0 Å². The number of carbonyl (C=O) groups is 1. The molecule has 2 aromatic rings. The van der Waals surface area contributed by atoms with E-state index in [4.69, 9.17) is 37.7 Å². The van der Waals surface area contributed by atoms with Gasteiger partial charge in [-0.15, -0.1) is 11.3 Å². The average Bonchev–Trinajstić information content (AvgIpc) is 3.05. The summed E-state index contributed by atoms with van der Waals surface area (Å²) in [6, 6.07) is 11.5. The predicted molar refractivity (Wildman–Crippen MR) is 114 cm³/mol. The first-order chi connectivity index (χ1) is 13.4. The van der Waals surface area contributed by atoms with Crippen LogP contribution in [-0.4, -0.2) is 36.8 Å². The van der Waals surface area contributed by atoms with Gasteiger partial charge in [0.2, 0.25) is 5.96 Å². The van der Waals surface area contributed by atoms with Crippen LogP contribution in [0.2, 0.25) is 4.34 Å². The summed E-state index contributed by atoms with van der Waals surface area (Å²) >= 11 is 8.35. The largest absolute Gasteiger partial charge is 0.493 e. The Bertz CT molecular complexity index is 737. The van der Waals surface area contributed by atoms with Gasteiger partial charge in [0.1, 0.15) is 18.9 Å². The maximum absolute atomic E-state index is 10.1. The number of carboxylic acid groups (broad SMARTS) is 1. The fraction of sp³-hybridized carbons (Fsp3) is 0.294. The van der Waals surface area contributed by atoms with Crippen molar-refractivity contribution in [2.75, 3.05) is 19.8 Å². The molecule has 1 heterocycles. The molecule has 0 bridgehead atoms. The molecule has 8 nitrogen and oxygen atoms in total. The molecule has 0 atom stereocenters. The number of aryl methyl sites for hydroxylation is 1. The highest BCUT2D eigenvalue weighted by molar-refractivity contribution is 7.99. The number of oxime groups is 1. The van der Waals surface area contributed by atoms with Gasteiger partial charge in [0.05, 0.1) is 15.2 Å². The van der Waals surface area contributed by atoms with Gasteiger partial charge in [0.25, 0.3) is 0 Å². The number of nitrogens with two attached hydrogens (primary N) is 2. The Morgan fingerprint density at radius 3 is 2.54 bits per heavy atom. The second kappa shape index (κ2) is 13.9. The van der Waals surface area contributed by atoms with Gasteiger partial charge < -0.3 is 26.1 Å². The van der Waals surface area contributed by atoms with Gasteiger partial charge in [-0.2, -0.15) is 0 Å². The van der Waals surface area contributed by atoms with E-state index in [1.54, 1.807) is 6.07 Å². The molecular formula is C17H23ClN4O4S2. The van der Waals surface area contributed by atoms with Crippen LogP contribution in [0.1, 0.15) is 12.0 Å². The smallest absolute Gasteiger partial charge is 0.318 e. The van der Waals surface area contributed by atoms with Crippen molar-refractivity contribution in [1.29, 1.82) is 0 Å². The van der Waals surface area contributed by atoms with Crippen LogP contribution in [0.25, 0.3) is 0 Å². The summed E-state index contributed by atoms with van der Waals surface area (Å²) in [5.74, 6) is -0.0861. The van der Waals surface area contributed by atoms with E-state index in [0.29, 0.717) is 17.6 Å². The van der Waals surface area contributed by atoms with Crippen LogP contribution < -0.4 is 20.9 Å². The van der Waals surface area contributed by atoms with Gasteiger partial charge >= 0.3 is 5.97 Å². The second-order valence-electron chi connectivity index (χ2n) is 5.24. The van der Waals surface area contributed by atoms with Crippen LogP contribution >= 0.6 is 34.9 Å². The molecule has 0 radical (unpaired) electrons. The summed E-state index contributed by atoms with van der Waals surface area (Å²) in [4.78, 5) is 14.9. The molecule has 0 fully saturated rings. The Morgan fingerprint density at radius 1 is 1.25 bits per heavy atom. The summed E-state index contributed by atoms with van der Waals surface area (Å²) < 4.78 is 9.82. The SMILES string of the molecule is Cc1ccc(OCCCON=C(N)N)cc1.O=C(O)CNSc1ccc(Cl)s1. The lowest BCUT2D eigenvalue weighted by Crippen LogP contribution is -2.23. The van der Waals surface area contributed by atoms with E-state index in [-0.39, 0.29) is 12.5 Å². The standard InChI is InChI=1S/C11H17N3O2.C6H6ClNO2S2/c1-9-3-5-10(6-4-9)15-7-2-8-16-14-11(12)13;7-4-1-2-6(11-4)12-8-3-5(9)10/h3-6H,2,7-8H2,1H3,(H4,12,13,14);1-2,8H,3H2,(H,9,10). The van der Waals surface area contributed by atoms with E-state index in [2.05, 4.69) is 9.88 Å². The van der Waals surface area contributed by atoms with Gasteiger partial charge in [-0.1, -0.05) is 29.3 Å². The fourth-order valence-electron chi connectivity index (χ4n) is 1.59. The zero-order chi connectivity index (χ0) is 20.8. The molecule has 1 aromatic carbocycles. The maximum Gasteiger partial charge on any atom is 0.318 e. The summed E-state index contributed by atoms with van der Waals surface area (Å²) in [5, 5.41) is 11.7. The molecule has 0 aliphatic heterocycles. The number of guanidine groups is 1. The van der Waals surface area contributed by atoms with E-state index in [1.165, 1.54) is 28.8 Å². The molecule has 0 unspecified atom stereocenters. The number of nitrogens with zero attached hydrogens (tertiary/aromatic N) is 1. The molecule has 2 rings (SSSR count). The highest BCUT2D eigenvalue weighted by Crippen LogP contribution is 2.28. The predicted octanol–water partition coefficient (Wildman–Crippen LogP) is 3.05. The summed E-state index contributed by atoms with van der Waals surface area (Å²) in [5.41, 5.74) is 11.4. The molecule has 6 N–H and O–H groups in total. The van der Waals surface area contributed by atoms with E-state index < -0.39 is 5.97 Å². The van der Waals surface area contributed by atoms with Crippen molar-refractivity contribution >= 4 is 46.8 Å². The lowest BCUT2D eigenvalue weighted by Gasteiger charge is -2.05. The van der Waals surface area contributed by atoms with Gasteiger partial charge in [-0.05, 0) is 48.3 Å². The number of rotatable bonds is 10. The lowest BCUT2D eigenvalue weighted by atomic mass is 10.2. The van der Waals surface area contributed by atoms with Crippen molar-refractivity contribution in [3.63, 3.8) is 0 Å². The third kappa shape index (κ3) is 12.3. The Morgan fingerprint density at radius 2 is 1.96 bits per heavy atom. The highest BCUT2D eigenvalue weighted by atomic mass is 35.5. The molecule has 11 heteroatoms. The Balaban J connectivity index is 0.000000292. The van der Waals surface area contributed by atoms with Crippen LogP contribution in [0.5, 0.6) is 5.75 Å². The summed E-state index contributed by atoms with van der Waals surface area (Å²) in [6.45, 7) is 2.99. The quantitative estimate of drug-likeness (QED) is 0.144. The Labute approximate surface area is 177 Å². The van der Waals surface area contributed by atoms with Crippen molar-refractivity contribution in [3.05, 3.63) is 46.3 Å². The average molecular weight is 447 g/mol. The molecule has 154 valence electrons. The Hall–Kier alpha value is -2.14. The number of benzene rings is 1. The molecule has 0 aliphatic rings. The monoisotopic (exact) mass is 446 g/mol. The first-order valence-corrected chi connectivity index (χ1v) is 10.1. The van der Waals surface area contributed by atoms with E-state index in [9.17, 15) is 4.79 Å². The van der Waals surface area contributed by atoms with Crippen LogP contribution in [0, 0.1) is 6.92 Å². The number of aliphatic carboxylic acids is 1. The number of carboxylic acids is 1. The van der Waals surface area contributed by atoms with Crippen LogP contribution in [0.15, 0.2) is 45.8 Å². The molecule has 0 aliphatic carbocycles. The molecule has 28 heavy (non-hydrogen) atoms. The topological polar surface area (TPSA) is 132 Å². The Kier molecular flexibility index (Phi) is 11.9. The normalized spacial score (nSPS) is 9.79. The minimum Gasteiger partial charge on any atom is -0.493 e. The zero-order valence-electron chi connectivity index (χ0n) is 15.3. The third-order valence-electron chi connectivity index (χ3n) is 2.78.